The van der Waals surface area contributed by atoms with Gasteiger partial charge in [0.05, 0.1) is 5.69 Å². The van der Waals surface area contributed by atoms with Gasteiger partial charge >= 0.3 is 0 Å². The van der Waals surface area contributed by atoms with Crippen LogP contribution in [0.3, 0.4) is 0 Å². The molecule has 0 saturated heterocycles. The molecule has 2 N–H and O–H groups in total. The number of carbonyl (C=O) groups is 1. The Bertz CT molecular complexity index is 844. The average Bonchev–Trinajstić information content (AvgIpc) is 3.05. The third-order valence-corrected chi connectivity index (χ3v) is 4.42. The van der Waals surface area contributed by atoms with Crippen LogP contribution in [0.2, 0.25) is 0 Å². The Morgan fingerprint density at radius 3 is 2.83 bits per heavy atom. The van der Waals surface area contributed by atoms with E-state index in [9.17, 15) is 4.79 Å². The predicted molar refractivity (Wildman–Crippen MR) is 91.1 cm³/mol. The van der Waals surface area contributed by atoms with E-state index in [-0.39, 0.29) is 5.91 Å². The number of aromatic nitrogens is 3. The molecule has 0 atom stereocenters. The normalized spacial score (nSPS) is 11.1. The van der Waals surface area contributed by atoms with Gasteiger partial charge < -0.3 is 10.3 Å². The molecule has 0 bridgehead atoms. The Hall–Kier alpha value is -2.56. The highest BCUT2D eigenvalue weighted by molar-refractivity contribution is 5.84. The molecule has 1 amide bonds. The molecule has 2 aromatic heterocycles. The fraction of sp³-hybridized carbons (Fsp3) is 0.333. The van der Waals surface area contributed by atoms with Crippen LogP contribution in [0.15, 0.2) is 30.5 Å². The lowest BCUT2D eigenvalue weighted by atomic mass is 10.1. The maximum Gasteiger partial charge on any atom is 0.220 e. The minimum atomic E-state index is 0.0675. The predicted octanol–water partition coefficient (Wildman–Crippen LogP) is 2.77. The number of benzene rings is 1. The van der Waals surface area contributed by atoms with E-state index in [4.69, 9.17) is 0 Å². The van der Waals surface area contributed by atoms with Gasteiger partial charge in [-0.15, -0.1) is 0 Å². The molecule has 5 nitrogen and oxygen atoms in total. The Morgan fingerprint density at radius 2 is 2.09 bits per heavy atom. The van der Waals surface area contributed by atoms with E-state index in [0.29, 0.717) is 13.0 Å². The minimum Gasteiger partial charge on any atom is -0.361 e. The number of aryl methyl sites for hydroxylation is 3. The maximum atomic E-state index is 12.1. The van der Waals surface area contributed by atoms with Gasteiger partial charge in [0.25, 0.3) is 0 Å². The van der Waals surface area contributed by atoms with Crippen LogP contribution in [0, 0.1) is 13.8 Å². The third kappa shape index (κ3) is 3.13. The van der Waals surface area contributed by atoms with Crippen LogP contribution in [-0.2, 0) is 24.8 Å². The van der Waals surface area contributed by atoms with Crippen LogP contribution in [0.1, 0.15) is 28.9 Å². The quantitative estimate of drug-likeness (QED) is 0.761. The van der Waals surface area contributed by atoms with Gasteiger partial charge in [0, 0.05) is 48.4 Å². The summed E-state index contributed by atoms with van der Waals surface area (Å²) >= 11 is 0. The van der Waals surface area contributed by atoms with Crippen molar-refractivity contribution >= 4 is 16.8 Å². The molecule has 0 saturated carbocycles. The largest absolute Gasteiger partial charge is 0.361 e. The van der Waals surface area contributed by atoms with E-state index < -0.39 is 0 Å². The van der Waals surface area contributed by atoms with Crippen molar-refractivity contribution in [1.82, 2.24) is 20.1 Å². The van der Waals surface area contributed by atoms with Crippen LogP contribution in [0.5, 0.6) is 0 Å². The first-order valence-electron chi connectivity index (χ1n) is 7.87. The van der Waals surface area contributed by atoms with Crippen LogP contribution in [0.4, 0.5) is 0 Å². The molecule has 0 fully saturated rings. The fourth-order valence-corrected chi connectivity index (χ4v) is 2.94. The second kappa shape index (κ2) is 6.28. The van der Waals surface area contributed by atoms with Gasteiger partial charge in [0.1, 0.15) is 0 Å². The van der Waals surface area contributed by atoms with Crippen molar-refractivity contribution in [3.63, 3.8) is 0 Å². The van der Waals surface area contributed by atoms with E-state index >= 15 is 0 Å². The van der Waals surface area contributed by atoms with Crippen molar-refractivity contribution in [2.45, 2.75) is 33.2 Å². The Labute approximate surface area is 135 Å². The molecule has 2 heterocycles. The number of hydrogen-bond acceptors (Lipinski definition) is 2. The number of aromatic amines is 1. The number of nitrogens with zero attached hydrogens (tertiary/aromatic N) is 2. The number of nitrogens with one attached hydrogen (secondary N) is 2. The standard InChI is InChI=1S/C18H22N4O/c1-12-16(13(2)22(3)21-12)11-20-18(23)9-8-14-10-19-17-7-5-4-6-15(14)17/h4-7,10,19H,8-9,11H2,1-3H3,(H,20,23). The van der Waals surface area contributed by atoms with E-state index in [1.165, 1.54) is 10.9 Å². The van der Waals surface area contributed by atoms with Gasteiger partial charge in [-0.2, -0.15) is 5.10 Å². The molecule has 5 heteroatoms. The number of para-hydroxylation sites is 1. The summed E-state index contributed by atoms with van der Waals surface area (Å²) in [4.78, 5) is 15.4. The van der Waals surface area contributed by atoms with E-state index in [0.717, 1.165) is 28.9 Å². The first-order chi connectivity index (χ1) is 11.1. The van der Waals surface area contributed by atoms with E-state index in [1.54, 1.807) is 0 Å². The first-order valence-corrected chi connectivity index (χ1v) is 7.87. The first kappa shape index (κ1) is 15.3. The van der Waals surface area contributed by atoms with Crippen molar-refractivity contribution in [2.75, 3.05) is 0 Å². The third-order valence-electron chi connectivity index (χ3n) is 4.42. The van der Waals surface area contributed by atoms with Gasteiger partial charge in [-0.3, -0.25) is 9.48 Å². The number of H-pyrrole nitrogens is 1. The molecule has 3 aromatic rings. The summed E-state index contributed by atoms with van der Waals surface area (Å²) in [5.41, 5.74) is 5.48. The number of carbonyl (C=O) groups excluding carboxylic acids is 1. The summed E-state index contributed by atoms with van der Waals surface area (Å²) < 4.78 is 1.85. The number of amides is 1. The molecular formula is C18H22N4O. The van der Waals surface area contributed by atoms with Crippen molar-refractivity contribution in [1.29, 1.82) is 0 Å². The summed E-state index contributed by atoms with van der Waals surface area (Å²) in [7, 11) is 1.92. The average molecular weight is 310 g/mol. The highest BCUT2D eigenvalue weighted by atomic mass is 16.1. The van der Waals surface area contributed by atoms with Crippen molar-refractivity contribution in [2.24, 2.45) is 7.05 Å². The maximum absolute atomic E-state index is 12.1. The number of hydrogen-bond donors (Lipinski definition) is 2. The summed E-state index contributed by atoms with van der Waals surface area (Å²) in [6, 6.07) is 8.16. The molecule has 0 aliphatic heterocycles. The molecule has 1 aromatic carbocycles. The van der Waals surface area contributed by atoms with Crippen LogP contribution in [0.25, 0.3) is 10.9 Å². The molecule has 120 valence electrons. The second-order valence-electron chi connectivity index (χ2n) is 5.91. The summed E-state index contributed by atoms with van der Waals surface area (Å²) in [5, 5.41) is 8.57. The zero-order chi connectivity index (χ0) is 16.4. The summed E-state index contributed by atoms with van der Waals surface area (Å²) in [6.07, 6.45) is 3.22. The molecule has 23 heavy (non-hydrogen) atoms. The zero-order valence-electron chi connectivity index (χ0n) is 13.8. The lowest BCUT2D eigenvalue weighted by Crippen LogP contribution is -2.23. The monoisotopic (exact) mass is 310 g/mol. The van der Waals surface area contributed by atoms with Crippen molar-refractivity contribution < 1.29 is 4.79 Å². The van der Waals surface area contributed by atoms with Crippen LogP contribution in [-0.4, -0.2) is 20.7 Å². The minimum absolute atomic E-state index is 0.0675. The Morgan fingerprint density at radius 1 is 1.30 bits per heavy atom. The Kier molecular flexibility index (Phi) is 4.19. The summed E-state index contributed by atoms with van der Waals surface area (Å²) in [6.45, 7) is 4.53. The van der Waals surface area contributed by atoms with Gasteiger partial charge in [-0.05, 0) is 31.9 Å². The lowest BCUT2D eigenvalue weighted by molar-refractivity contribution is -0.121. The van der Waals surface area contributed by atoms with Gasteiger partial charge in [-0.1, -0.05) is 18.2 Å². The van der Waals surface area contributed by atoms with Crippen molar-refractivity contribution in [3.05, 3.63) is 53.0 Å². The van der Waals surface area contributed by atoms with E-state index in [1.807, 2.05) is 50.0 Å². The number of fused-ring (bicyclic) bond motifs is 1. The molecule has 0 aliphatic rings. The van der Waals surface area contributed by atoms with Crippen molar-refractivity contribution in [3.8, 4) is 0 Å². The SMILES string of the molecule is Cc1nn(C)c(C)c1CNC(=O)CCc1c[nH]c2ccccc12. The number of rotatable bonds is 5. The highest BCUT2D eigenvalue weighted by Gasteiger charge is 2.11. The fourth-order valence-electron chi connectivity index (χ4n) is 2.94. The Balaban J connectivity index is 1.58. The van der Waals surface area contributed by atoms with Crippen LogP contribution >= 0.6 is 0 Å². The smallest absolute Gasteiger partial charge is 0.220 e. The lowest BCUT2D eigenvalue weighted by Gasteiger charge is -2.06. The van der Waals surface area contributed by atoms with Gasteiger partial charge in [0.15, 0.2) is 0 Å². The molecule has 0 spiro atoms. The zero-order valence-corrected chi connectivity index (χ0v) is 13.8. The molecule has 0 radical (unpaired) electrons. The molecule has 0 aliphatic carbocycles. The molecule has 3 rings (SSSR count). The topological polar surface area (TPSA) is 62.7 Å². The van der Waals surface area contributed by atoms with Gasteiger partial charge in [-0.25, -0.2) is 0 Å². The van der Waals surface area contributed by atoms with Gasteiger partial charge in [0.2, 0.25) is 5.91 Å². The van der Waals surface area contributed by atoms with Crippen LogP contribution < -0.4 is 5.32 Å². The summed E-state index contributed by atoms with van der Waals surface area (Å²) in [5.74, 6) is 0.0675. The highest BCUT2D eigenvalue weighted by Crippen LogP contribution is 2.19. The molecule has 0 unspecified atom stereocenters. The second-order valence-corrected chi connectivity index (χ2v) is 5.91. The molecular weight excluding hydrogens is 288 g/mol. The van der Waals surface area contributed by atoms with E-state index in [2.05, 4.69) is 21.5 Å².